The Morgan fingerprint density at radius 3 is 2.94 bits per heavy atom. The molecule has 1 N–H and O–H groups in total. The zero-order valence-electron chi connectivity index (χ0n) is 9.78. The Labute approximate surface area is 104 Å². The van der Waals surface area contributed by atoms with Crippen LogP contribution in [0.25, 0.3) is 0 Å². The van der Waals surface area contributed by atoms with E-state index in [9.17, 15) is 14.9 Å². The Kier molecular flexibility index (Phi) is 3.57. The third-order valence-electron chi connectivity index (χ3n) is 3.14. The minimum absolute atomic E-state index is 0.0682. The number of benzene rings is 1. The number of amides is 1. The highest BCUT2D eigenvalue weighted by Crippen LogP contribution is 2.20. The fraction of sp³-hybridized carbons (Fsp3) is 0.417. The molecule has 96 valence electrons. The van der Waals surface area contributed by atoms with Gasteiger partial charge in [-0.15, -0.1) is 0 Å². The molecule has 0 radical (unpaired) electrons. The topological polar surface area (TPSA) is 83.7 Å². The largest absolute Gasteiger partial charge is 0.396 e. The number of likely N-dealkylation sites (tertiary alicyclic amines) is 1. The predicted octanol–water partition coefficient (Wildman–Crippen LogP) is 1.05. The SMILES string of the molecule is O=C(c1cccc([N+](=O)[O-])c1)N1CCC(CO)C1. The van der Waals surface area contributed by atoms with Crippen molar-refractivity contribution in [1.29, 1.82) is 0 Å². The van der Waals surface area contributed by atoms with Gasteiger partial charge in [-0.25, -0.2) is 0 Å². The van der Waals surface area contributed by atoms with Gasteiger partial charge >= 0.3 is 0 Å². The molecule has 6 heteroatoms. The number of aliphatic hydroxyl groups is 1. The Balaban J connectivity index is 2.14. The van der Waals surface area contributed by atoms with Crippen LogP contribution >= 0.6 is 0 Å². The van der Waals surface area contributed by atoms with E-state index in [1.54, 1.807) is 11.0 Å². The number of carbonyl (C=O) groups is 1. The first-order chi connectivity index (χ1) is 8.61. The van der Waals surface area contributed by atoms with Crippen molar-refractivity contribution in [1.82, 2.24) is 4.90 Å². The smallest absolute Gasteiger partial charge is 0.270 e. The number of aliphatic hydroxyl groups excluding tert-OH is 1. The highest BCUT2D eigenvalue weighted by molar-refractivity contribution is 5.95. The lowest BCUT2D eigenvalue weighted by molar-refractivity contribution is -0.384. The zero-order valence-corrected chi connectivity index (χ0v) is 9.78. The summed E-state index contributed by atoms with van der Waals surface area (Å²) in [6, 6.07) is 5.72. The highest BCUT2D eigenvalue weighted by atomic mass is 16.6. The quantitative estimate of drug-likeness (QED) is 0.642. The Hall–Kier alpha value is -1.95. The summed E-state index contributed by atoms with van der Waals surface area (Å²) in [6.45, 7) is 1.17. The standard InChI is InChI=1S/C12H14N2O4/c15-8-9-4-5-13(7-9)12(16)10-2-1-3-11(6-10)14(17)18/h1-3,6,9,15H,4-5,7-8H2. The maximum atomic E-state index is 12.1. The number of nitro groups is 1. The molecule has 0 bridgehead atoms. The van der Waals surface area contributed by atoms with E-state index in [0.29, 0.717) is 18.7 Å². The summed E-state index contributed by atoms with van der Waals surface area (Å²) in [4.78, 5) is 23.9. The predicted molar refractivity (Wildman–Crippen MR) is 64.2 cm³/mol. The normalized spacial score (nSPS) is 18.9. The molecule has 0 saturated carbocycles. The molecule has 1 atom stereocenters. The second kappa shape index (κ2) is 5.14. The number of carbonyl (C=O) groups excluding carboxylic acids is 1. The van der Waals surface area contributed by atoms with Gasteiger partial charge in [0.2, 0.25) is 0 Å². The molecular formula is C12H14N2O4. The fourth-order valence-corrected chi connectivity index (χ4v) is 2.10. The second-order valence-electron chi connectivity index (χ2n) is 4.40. The van der Waals surface area contributed by atoms with Crippen LogP contribution in [0.2, 0.25) is 0 Å². The molecule has 0 aliphatic carbocycles. The number of hydrogen-bond acceptors (Lipinski definition) is 4. The van der Waals surface area contributed by atoms with Gasteiger partial charge in [-0.3, -0.25) is 14.9 Å². The van der Waals surface area contributed by atoms with Crippen LogP contribution in [0, 0.1) is 16.0 Å². The Morgan fingerprint density at radius 1 is 1.56 bits per heavy atom. The van der Waals surface area contributed by atoms with Crippen LogP contribution in [0.3, 0.4) is 0 Å². The van der Waals surface area contributed by atoms with Crippen LogP contribution < -0.4 is 0 Å². The summed E-state index contributed by atoms with van der Waals surface area (Å²) in [7, 11) is 0. The van der Waals surface area contributed by atoms with Gasteiger partial charge < -0.3 is 10.0 Å². The lowest BCUT2D eigenvalue weighted by Gasteiger charge is -2.15. The maximum absolute atomic E-state index is 12.1. The first-order valence-electron chi connectivity index (χ1n) is 5.76. The number of nitrogens with zero attached hydrogens (tertiary/aromatic N) is 2. The van der Waals surface area contributed by atoms with E-state index >= 15 is 0 Å². The van der Waals surface area contributed by atoms with Crippen molar-refractivity contribution in [3.63, 3.8) is 0 Å². The van der Waals surface area contributed by atoms with E-state index < -0.39 is 4.92 Å². The van der Waals surface area contributed by atoms with E-state index in [0.717, 1.165) is 6.42 Å². The van der Waals surface area contributed by atoms with Crippen molar-refractivity contribution in [2.24, 2.45) is 5.92 Å². The number of rotatable bonds is 3. The second-order valence-corrected chi connectivity index (χ2v) is 4.40. The average Bonchev–Trinajstić information content (AvgIpc) is 2.86. The van der Waals surface area contributed by atoms with E-state index in [4.69, 9.17) is 5.11 Å². The van der Waals surface area contributed by atoms with Crippen LogP contribution in [0.1, 0.15) is 16.8 Å². The van der Waals surface area contributed by atoms with E-state index in [1.165, 1.54) is 18.2 Å². The third-order valence-corrected chi connectivity index (χ3v) is 3.14. The summed E-state index contributed by atoms with van der Waals surface area (Å²) in [5.74, 6) is -0.0951. The summed E-state index contributed by atoms with van der Waals surface area (Å²) < 4.78 is 0. The molecule has 0 aromatic heterocycles. The summed E-state index contributed by atoms with van der Waals surface area (Å²) in [5.41, 5.74) is 0.238. The Bertz CT molecular complexity index is 475. The van der Waals surface area contributed by atoms with Crippen LogP contribution in [-0.4, -0.2) is 40.5 Å². The van der Waals surface area contributed by atoms with Gasteiger partial charge in [-0.1, -0.05) is 6.07 Å². The van der Waals surface area contributed by atoms with Gasteiger partial charge in [0.05, 0.1) is 4.92 Å². The molecule has 1 aromatic carbocycles. The molecule has 1 aromatic rings. The van der Waals surface area contributed by atoms with Crippen molar-refractivity contribution in [2.75, 3.05) is 19.7 Å². The monoisotopic (exact) mass is 250 g/mol. The molecule has 1 aliphatic heterocycles. The molecule has 18 heavy (non-hydrogen) atoms. The summed E-state index contributed by atoms with van der Waals surface area (Å²) >= 11 is 0. The van der Waals surface area contributed by atoms with Crippen LogP contribution in [0.5, 0.6) is 0 Å². The molecular weight excluding hydrogens is 236 g/mol. The summed E-state index contributed by atoms with van der Waals surface area (Å²) in [5, 5.41) is 19.7. The molecule has 1 saturated heterocycles. The fourth-order valence-electron chi connectivity index (χ4n) is 2.10. The molecule has 2 rings (SSSR count). The van der Waals surface area contributed by atoms with Gasteiger partial charge in [-0.05, 0) is 12.5 Å². The average molecular weight is 250 g/mol. The van der Waals surface area contributed by atoms with Crippen molar-refractivity contribution in [2.45, 2.75) is 6.42 Å². The molecule has 1 unspecified atom stereocenters. The van der Waals surface area contributed by atoms with Gasteiger partial charge in [0.15, 0.2) is 0 Å². The molecule has 1 amide bonds. The summed E-state index contributed by atoms with van der Waals surface area (Å²) in [6.07, 6.45) is 0.775. The molecule has 1 heterocycles. The van der Waals surface area contributed by atoms with Crippen molar-refractivity contribution in [3.05, 3.63) is 39.9 Å². The first-order valence-corrected chi connectivity index (χ1v) is 5.76. The lowest BCUT2D eigenvalue weighted by Crippen LogP contribution is -2.29. The molecule has 1 aliphatic rings. The number of hydrogen-bond donors (Lipinski definition) is 1. The molecule has 6 nitrogen and oxygen atoms in total. The van der Waals surface area contributed by atoms with Crippen molar-refractivity contribution < 1.29 is 14.8 Å². The third kappa shape index (κ3) is 2.48. The highest BCUT2D eigenvalue weighted by Gasteiger charge is 2.26. The van der Waals surface area contributed by atoms with Crippen molar-refractivity contribution in [3.8, 4) is 0 Å². The van der Waals surface area contributed by atoms with Gasteiger partial charge in [-0.2, -0.15) is 0 Å². The van der Waals surface area contributed by atoms with Gasteiger partial charge in [0.25, 0.3) is 11.6 Å². The minimum Gasteiger partial charge on any atom is -0.396 e. The van der Waals surface area contributed by atoms with E-state index in [1.807, 2.05) is 0 Å². The lowest BCUT2D eigenvalue weighted by atomic mass is 10.1. The first kappa shape index (κ1) is 12.5. The minimum atomic E-state index is -0.517. The van der Waals surface area contributed by atoms with E-state index in [-0.39, 0.29) is 24.1 Å². The van der Waals surface area contributed by atoms with Crippen LogP contribution in [0.15, 0.2) is 24.3 Å². The molecule has 1 fully saturated rings. The van der Waals surface area contributed by atoms with Crippen LogP contribution in [0.4, 0.5) is 5.69 Å². The zero-order chi connectivity index (χ0) is 13.1. The Morgan fingerprint density at radius 2 is 2.33 bits per heavy atom. The number of non-ortho nitro benzene ring substituents is 1. The van der Waals surface area contributed by atoms with Gasteiger partial charge in [0, 0.05) is 43.3 Å². The molecule has 0 spiro atoms. The number of nitro benzene ring substituents is 1. The van der Waals surface area contributed by atoms with Crippen molar-refractivity contribution >= 4 is 11.6 Å². The maximum Gasteiger partial charge on any atom is 0.270 e. The van der Waals surface area contributed by atoms with E-state index in [2.05, 4.69) is 0 Å². The van der Waals surface area contributed by atoms with Crippen LogP contribution in [-0.2, 0) is 0 Å². The van der Waals surface area contributed by atoms with Gasteiger partial charge in [0.1, 0.15) is 0 Å².